The smallest absolute Gasteiger partial charge is 0.236 e. The van der Waals surface area contributed by atoms with Crippen molar-refractivity contribution in [2.75, 3.05) is 26.3 Å². The van der Waals surface area contributed by atoms with Crippen LogP contribution in [0.1, 0.15) is 18.1 Å². The Labute approximate surface area is 147 Å². The van der Waals surface area contributed by atoms with E-state index in [1.807, 2.05) is 22.6 Å². The molecular formula is C18H23N3O2S. The molecule has 1 saturated heterocycles. The molecule has 1 atom stereocenters. The molecule has 1 aliphatic rings. The van der Waals surface area contributed by atoms with E-state index in [0.29, 0.717) is 26.3 Å². The Hall–Kier alpha value is -1.79. The van der Waals surface area contributed by atoms with E-state index in [4.69, 9.17) is 4.74 Å². The van der Waals surface area contributed by atoms with Crippen molar-refractivity contribution in [3.05, 3.63) is 41.7 Å². The number of imidazole rings is 1. The summed E-state index contributed by atoms with van der Waals surface area (Å²) in [5.74, 6) is 0.151. The molecule has 3 rings (SSSR count). The molecule has 2 aromatic rings. The van der Waals surface area contributed by atoms with E-state index in [0.717, 1.165) is 10.8 Å². The fourth-order valence-electron chi connectivity index (χ4n) is 2.70. The lowest BCUT2D eigenvalue weighted by atomic mass is 10.1. The van der Waals surface area contributed by atoms with Gasteiger partial charge in [-0.2, -0.15) is 0 Å². The van der Waals surface area contributed by atoms with Crippen LogP contribution in [0.25, 0.3) is 5.69 Å². The molecule has 2 heterocycles. The molecule has 0 N–H and O–H groups in total. The predicted molar refractivity (Wildman–Crippen MR) is 95.8 cm³/mol. The number of nitrogens with zero attached hydrogens (tertiary/aromatic N) is 3. The number of aryl methyl sites for hydroxylation is 2. The minimum Gasteiger partial charge on any atom is -0.378 e. The first-order valence-corrected chi connectivity index (χ1v) is 9.08. The van der Waals surface area contributed by atoms with Crippen LogP contribution in [0.2, 0.25) is 0 Å². The molecule has 5 nitrogen and oxygen atoms in total. The van der Waals surface area contributed by atoms with Crippen LogP contribution < -0.4 is 0 Å². The van der Waals surface area contributed by atoms with E-state index < -0.39 is 0 Å². The van der Waals surface area contributed by atoms with Crippen molar-refractivity contribution in [2.45, 2.75) is 31.2 Å². The van der Waals surface area contributed by atoms with Gasteiger partial charge in [-0.25, -0.2) is 4.98 Å². The van der Waals surface area contributed by atoms with Crippen molar-refractivity contribution in [3.8, 4) is 5.69 Å². The summed E-state index contributed by atoms with van der Waals surface area (Å²) >= 11 is 1.50. The van der Waals surface area contributed by atoms with Crippen molar-refractivity contribution >= 4 is 17.7 Å². The van der Waals surface area contributed by atoms with Gasteiger partial charge in [0, 0.05) is 31.2 Å². The molecule has 1 unspecified atom stereocenters. The number of aromatic nitrogens is 2. The third kappa shape index (κ3) is 3.65. The lowest BCUT2D eigenvalue weighted by Crippen LogP contribution is -2.44. The summed E-state index contributed by atoms with van der Waals surface area (Å²) < 4.78 is 7.36. The predicted octanol–water partition coefficient (Wildman–Crippen LogP) is 2.83. The summed E-state index contributed by atoms with van der Waals surface area (Å²) in [6, 6.07) is 6.35. The zero-order valence-corrected chi connectivity index (χ0v) is 15.2. The average molecular weight is 345 g/mol. The minimum absolute atomic E-state index is 0.151. The van der Waals surface area contributed by atoms with Crippen molar-refractivity contribution in [1.29, 1.82) is 0 Å². The monoisotopic (exact) mass is 345 g/mol. The Kier molecular flexibility index (Phi) is 5.26. The van der Waals surface area contributed by atoms with Gasteiger partial charge in [-0.1, -0.05) is 17.8 Å². The van der Waals surface area contributed by atoms with E-state index >= 15 is 0 Å². The number of hydrogen-bond acceptors (Lipinski definition) is 4. The number of benzene rings is 1. The number of rotatable bonds is 4. The maximum atomic E-state index is 12.6. The number of carbonyl (C=O) groups excluding carboxylic acids is 1. The molecule has 1 aliphatic heterocycles. The van der Waals surface area contributed by atoms with Gasteiger partial charge in [0.1, 0.15) is 0 Å². The Morgan fingerprint density at radius 2 is 2.00 bits per heavy atom. The summed E-state index contributed by atoms with van der Waals surface area (Å²) in [6.07, 6.45) is 3.72. The van der Waals surface area contributed by atoms with Gasteiger partial charge in [0.25, 0.3) is 0 Å². The molecule has 0 saturated carbocycles. The maximum absolute atomic E-state index is 12.6. The molecule has 1 aromatic carbocycles. The second-order valence-electron chi connectivity index (χ2n) is 6.05. The topological polar surface area (TPSA) is 47.4 Å². The first kappa shape index (κ1) is 17.0. The second kappa shape index (κ2) is 7.40. The molecule has 0 aliphatic carbocycles. The number of ether oxygens (including phenoxy) is 1. The SMILES string of the molecule is Cc1ccc(-n2ccnc2SC(C)C(=O)N2CCOCC2)cc1C. The molecule has 1 aromatic heterocycles. The minimum atomic E-state index is -0.171. The van der Waals surface area contributed by atoms with Crippen LogP contribution in [-0.4, -0.2) is 51.9 Å². The van der Waals surface area contributed by atoms with E-state index in [1.165, 1.54) is 22.9 Å². The highest BCUT2D eigenvalue weighted by molar-refractivity contribution is 8.00. The Balaban J connectivity index is 1.75. The second-order valence-corrected chi connectivity index (χ2v) is 7.35. The van der Waals surface area contributed by atoms with Gasteiger partial charge in [0.05, 0.1) is 18.5 Å². The van der Waals surface area contributed by atoms with Crippen LogP contribution in [0.3, 0.4) is 0 Å². The van der Waals surface area contributed by atoms with E-state index in [2.05, 4.69) is 37.0 Å². The summed E-state index contributed by atoms with van der Waals surface area (Å²) in [5.41, 5.74) is 3.59. The van der Waals surface area contributed by atoms with Gasteiger partial charge in [-0.05, 0) is 44.0 Å². The lowest BCUT2D eigenvalue weighted by molar-refractivity contribution is -0.134. The summed E-state index contributed by atoms with van der Waals surface area (Å²) in [6.45, 7) is 8.76. The molecule has 24 heavy (non-hydrogen) atoms. The third-order valence-corrected chi connectivity index (χ3v) is 5.40. The molecule has 1 fully saturated rings. The summed E-state index contributed by atoms with van der Waals surface area (Å²) in [4.78, 5) is 18.9. The number of morpholine rings is 1. The van der Waals surface area contributed by atoms with Crippen LogP contribution in [0.4, 0.5) is 0 Å². The fraction of sp³-hybridized carbons (Fsp3) is 0.444. The van der Waals surface area contributed by atoms with Gasteiger partial charge in [0.15, 0.2) is 5.16 Å². The molecule has 0 bridgehead atoms. The standard InChI is InChI=1S/C18H23N3O2S/c1-13-4-5-16(12-14(13)2)21-7-6-19-18(21)24-15(3)17(22)20-8-10-23-11-9-20/h4-7,12,15H,8-11H2,1-3H3. The van der Waals surface area contributed by atoms with Crippen molar-refractivity contribution < 1.29 is 9.53 Å². The van der Waals surface area contributed by atoms with Gasteiger partial charge in [0.2, 0.25) is 5.91 Å². The molecule has 128 valence electrons. The first-order chi connectivity index (χ1) is 11.6. The molecule has 0 radical (unpaired) electrons. The lowest BCUT2D eigenvalue weighted by Gasteiger charge is -2.29. The van der Waals surface area contributed by atoms with Gasteiger partial charge >= 0.3 is 0 Å². The molecule has 1 amide bonds. The quantitative estimate of drug-likeness (QED) is 0.800. The zero-order valence-electron chi connectivity index (χ0n) is 14.4. The number of carbonyl (C=O) groups is 1. The molecule has 0 spiro atoms. The van der Waals surface area contributed by atoms with Crippen LogP contribution in [-0.2, 0) is 9.53 Å². The van der Waals surface area contributed by atoms with Gasteiger partial charge in [-0.15, -0.1) is 0 Å². The van der Waals surface area contributed by atoms with Crippen LogP contribution in [0.5, 0.6) is 0 Å². The maximum Gasteiger partial charge on any atom is 0.236 e. The summed E-state index contributed by atoms with van der Waals surface area (Å²) in [5, 5.41) is 0.670. The van der Waals surface area contributed by atoms with E-state index in [1.54, 1.807) is 6.20 Å². The number of thioether (sulfide) groups is 1. The van der Waals surface area contributed by atoms with Crippen molar-refractivity contribution in [1.82, 2.24) is 14.5 Å². The first-order valence-electron chi connectivity index (χ1n) is 8.20. The highest BCUT2D eigenvalue weighted by atomic mass is 32.2. The fourth-order valence-corrected chi connectivity index (χ4v) is 3.67. The van der Waals surface area contributed by atoms with E-state index in [9.17, 15) is 4.79 Å². The summed E-state index contributed by atoms with van der Waals surface area (Å²) in [7, 11) is 0. The average Bonchev–Trinajstić information content (AvgIpc) is 3.05. The largest absolute Gasteiger partial charge is 0.378 e. The number of amides is 1. The molecule has 6 heteroatoms. The Morgan fingerprint density at radius 1 is 1.25 bits per heavy atom. The third-order valence-electron chi connectivity index (χ3n) is 4.33. The highest BCUT2D eigenvalue weighted by Crippen LogP contribution is 2.26. The van der Waals surface area contributed by atoms with Gasteiger partial charge < -0.3 is 9.64 Å². The van der Waals surface area contributed by atoms with Gasteiger partial charge in [-0.3, -0.25) is 9.36 Å². The van der Waals surface area contributed by atoms with Crippen molar-refractivity contribution in [2.24, 2.45) is 0 Å². The van der Waals surface area contributed by atoms with Crippen LogP contribution >= 0.6 is 11.8 Å². The number of hydrogen-bond donors (Lipinski definition) is 0. The Morgan fingerprint density at radius 3 is 2.71 bits per heavy atom. The van der Waals surface area contributed by atoms with Crippen LogP contribution in [0.15, 0.2) is 35.7 Å². The van der Waals surface area contributed by atoms with Crippen LogP contribution in [0, 0.1) is 13.8 Å². The van der Waals surface area contributed by atoms with E-state index in [-0.39, 0.29) is 11.2 Å². The molecular weight excluding hydrogens is 322 g/mol. The Bertz CT molecular complexity index is 723. The normalized spacial score (nSPS) is 16.2. The van der Waals surface area contributed by atoms with Crippen molar-refractivity contribution in [3.63, 3.8) is 0 Å². The highest BCUT2D eigenvalue weighted by Gasteiger charge is 2.24. The zero-order chi connectivity index (χ0) is 17.1.